The number of carbonyl (C=O) groups excluding carboxylic acids is 2. The van der Waals surface area contributed by atoms with Crippen LogP contribution in [0.2, 0.25) is 0 Å². The highest BCUT2D eigenvalue weighted by atomic mass is 127. The maximum atomic E-state index is 11.7. The van der Waals surface area contributed by atoms with Crippen molar-refractivity contribution in [2.24, 2.45) is 4.99 Å². The van der Waals surface area contributed by atoms with Crippen molar-refractivity contribution >= 4 is 53.3 Å². The van der Waals surface area contributed by atoms with Crippen molar-refractivity contribution in [3.63, 3.8) is 0 Å². The fraction of sp³-hybridized carbons (Fsp3) is 0.611. The molecule has 1 rings (SSSR count). The van der Waals surface area contributed by atoms with Crippen LogP contribution in [0.25, 0.3) is 0 Å². The minimum absolute atomic E-state index is 0. The molecule has 1 aromatic rings. The molecule has 0 spiro atoms. The average Bonchev–Trinajstić information content (AvgIpc) is 3.07. The lowest BCUT2D eigenvalue weighted by atomic mass is 10.2. The first kappa shape index (κ1) is 26.4. The third kappa shape index (κ3) is 12.8. The van der Waals surface area contributed by atoms with E-state index in [0.29, 0.717) is 32.0 Å². The fourth-order valence-electron chi connectivity index (χ4n) is 1.85. The average molecular weight is 525 g/mol. The number of rotatable bonds is 8. The molecular weight excluding hydrogens is 493 g/mol. The lowest BCUT2D eigenvalue weighted by Gasteiger charge is -2.19. The van der Waals surface area contributed by atoms with Gasteiger partial charge in [0, 0.05) is 32.1 Å². The number of guanidine groups is 1. The largest absolute Gasteiger partial charge is 0.444 e. The Hall–Kier alpha value is -1.56. The molecule has 0 saturated heterocycles. The van der Waals surface area contributed by atoms with E-state index in [1.54, 1.807) is 25.4 Å². The predicted molar refractivity (Wildman–Crippen MR) is 124 cm³/mol. The van der Waals surface area contributed by atoms with E-state index >= 15 is 0 Å². The second kappa shape index (κ2) is 13.6. The van der Waals surface area contributed by atoms with E-state index in [9.17, 15) is 9.59 Å². The quantitative estimate of drug-likeness (QED) is 0.210. The second-order valence-corrected chi connectivity index (χ2v) is 8.13. The molecule has 0 aromatic carbocycles. The third-order valence-corrected chi connectivity index (χ3v) is 4.07. The monoisotopic (exact) mass is 525 g/mol. The summed E-state index contributed by atoms with van der Waals surface area (Å²) in [5.74, 6) is 0.495. The molecule has 0 saturated carbocycles. The van der Waals surface area contributed by atoms with Gasteiger partial charge >= 0.3 is 6.09 Å². The predicted octanol–water partition coefficient (Wildman–Crippen LogP) is 2.40. The summed E-state index contributed by atoms with van der Waals surface area (Å²) < 4.78 is 5.19. The Kier molecular flexibility index (Phi) is 12.8. The minimum atomic E-state index is -0.507. The molecule has 0 fully saturated rings. The Morgan fingerprint density at radius 1 is 1.18 bits per heavy atom. The van der Waals surface area contributed by atoms with Gasteiger partial charge < -0.3 is 25.6 Å². The molecule has 0 bridgehead atoms. The number of thiophene rings is 1. The molecule has 0 aliphatic heterocycles. The molecule has 2 amide bonds. The zero-order valence-electron chi connectivity index (χ0n) is 17.2. The van der Waals surface area contributed by atoms with Crippen molar-refractivity contribution in [3.05, 3.63) is 22.4 Å². The van der Waals surface area contributed by atoms with Crippen LogP contribution in [0.1, 0.15) is 32.1 Å². The van der Waals surface area contributed by atoms with Gasteiger partial charge in [-0.25, -0.2) is 9.79 Å². The Morgan fingerprint density at radius 3 is 2.43 bits per heavy atom. The number of aliphatic imine (C=N–C) groups is 1. The molecule has 1 heterocycles. The van der Waals surface area contributed by atoms with E-state index in [1.807, 2.05) is 38.3 Å². The number of hydrogen-bond acceptors (Lipinski definition) is 5. The molecule has 28 heavy (non-hydrogen) atoms. The van der Waals surface area contributed by atoms with Gasteiger partial charge in [-0.1, -0.05) is 6.07 Å². The number of ether oxygens (including phenoxy) is 1. The maximum absolute atomic E-state index is 11.7. The first-order valence-corrected chi connectivity index (χ1v) is 9.77. The number of halogens is 1. The van der Waals surface area contributed by atoms with E-state index in [0.717, 1.165) is 0 Å². The van der Waals surface area contributed by atoms with Crippen molar-refractivity contribution in [2.75, 3.05) is 33.7 Å². The van der Waals surface area contributed by atoms with Gasteiger partial charge in [0.1, 0.15) is 12.1 Å². The Labute approximate surface area is 188 Å². The van der Waals surface area contributed by atoms with Crippen molar-refractivity contribution in [1.29, 1.82) is 0 Å². The molecule has 0 atom stereocenters. The van der Waals surface area contributed by atoms with E-state index in [4.69, 9.17) is 4.74 Å². The number of nitrogens with one attached hydrogen (secondary N) is 3. The number of nitrogens with zero attached hydrogens (tertiary/aromatic N) is 2. The highest BCUT2D eigenvalue weighted by molar-refractivity contribution is 14.0. The fourth-order valence-corrected chi connectivity index (χ4v) is 2.49. The summed E-state index contributed by atoms with van der Waals surface area (Å²) in [7, 11) is 3.40. The highest BCUT2D eigenvalue weighted by Crippen LogP contribution is 2.07. The number of amides is 2. The summed E-state index contributed by atoms with van der Waals surface area (Å²) in [4.78, 5) is 30.4. The van der Waals surface area contributed by atoms with Gasteiger partial charge in [-0.05, 0) is 38.6 Å². The molecule has 8 nitrogen and oxygen atoms in total. The van der Waals surface area contributed by atoms with Crippen LogP contribution in [-0.4, -0.2) is 62.2 Å². The number of carbonyl (C=O) groups is 2. The van der Waals surface area contributed by atoms with Crippen molar-refractivity contribution in [3.8, 4) is 0 Å². The van der Waals surface area contributed by atoms with Crippen LogP contribution >= 0.6 is 35.3 Å². The van der Waals surface area contributed by atoms with Crippen molar-refractivity contribution < 1.29 is 14.3 Å². The zero-order chi connectivity index (χ0) is 20.3. The number of alkyl carbamates (subject to hydrolysis) is 1. The van der Waals surface area contributed by atoms with E-state index < -0.39 is 11.7 Å². The molecule has 3 N–H and O–H groups in total. The zero-order valence-corrected chi connectivity index (χ0v) is 20.4. The summed E-state index contributed by atoms with van der Waals surface area (Å²) in [5.41, 5.74) is -0.507. The van der Waals surface area contributed by atoms with E-state index in [-0.39, 0.29) is 36.4 Å². The second-order valence-electron chi connectivity index (χ2n) is 7.09. The van der Waals surface area contributed by atoms with Crippen LogP contribution in [0.4, 0.5) is 4.79 Å². The molecule has 1 aromatic heterocycles. The van der Waals surface area contributed by atoms with Crippen LogP contribution < -0.4 is 16.0 Å². The first-order valence-electron chi connectivity index (χ1n) is 8.89. The summed E-state index contributed by atoms with van der Waals surface area (Å²) in [6.07, 6.45) is 0.268. The van der Waals surface area contributed by atoms with Gasteiger partial charge in [-0.3, -0.25) is 4.79 Å². The molecule has 0 aliphatic rings. The molecule has 160 valence electrons. The minimum Gasteiger partial charge on any atom is -0.444 e. The van der Waals surface area contributed by atoms with Crippen LogP contribution in [0.3, 0.4) is 0 Å². The molecular formula is C18H32IN5O3S. The maximum Gasteiger partial charge on any atom is 0.407 e. The Morgan fingerprint density at radius 2 is 1.86 bits per heavy atom. The highest BCUT2D eigenvalue weighted by Gasteiger charge is 2.15. The lowest BCUT2D eigenvalue weighted by Crippen LogP contribution is -2.39. The van der Waals surface area contributed by atoms with E-state index in [1.165, 1.54) is 9.78 Å². The van der Waals surface area contributed by atoms with Gasteiger partial charge in [-0.2, -0.15) is 0 Å². The topological polar surface area (TPSA) is 95.1 Å². The lowest BCUT2D eigenvalue weighted by molar-refractivity contribution is -0.127. The van der Waals surface area contributed by atoms with Crippen molar-refractivity contribution in [1.82, 2.24) is 20.9 Å². The van der Waals surface area contributed by atoms with E-state index in [2.05, 4.69) is 20.9 Å². The Balaban J connectivity index is 0.00000729. The van der Waals surface area contributed by atoms with Gasteiger partial charge in [0.2, 0.25) is 5.91 Å². The Bertz CT molecular complexity index is 615. The summed E-state index contributed by atoms with van der Waals surface area (Å²) in [6.45, 7) is 7.26. The molecule has 0 unspecified atom stereocenters. The van der Waals surface area contributed by atoms with Gasteiger partial charge in [-0.15, -0.1) is 35.3 Å². The summed E-state index contributed by atoms with van der Waals surface area (Å²) >= 11 is 1.65. The normalized spacial score (nSPS) is 11.2. The van der Waals surface area contributed by atoms with Crippen LogP contribution in [0, 0.1) is 0 Å². The number of hydrogen-bond donors (Lipinski definition) is 3. The van der Waals surface area contributed by atoms with Crippen LogP contribution in [0.5, 0.6) is 0 Å². The SMILES string of the molecule is CN(C)C(=O)CN=C(NCCCNC(=O)OC(C)(C)C)NCc1cccs1.I. The third-order valence-electron chi connectivity index (χ3n) is 3.20. The van der Waals surface area contributed by atoms with Gasteiger partial charge in [0.25, 0.3) is 0 Å². The molecule has 10 heteroatoms. The van der Waals surface area contributed by atoms with Gasteiger partial charge in [0.15, 0.2) is 5.96 Å². The summed E-state index contributed by atoms with van der Waals surface area (Å²) in [5, 5.41) is 11.1. The van der Waals surface area contributed by atoms with Crippen molar-refractivity contribution in [2.45, 2.75) is 39.3 Å². The number of likely N-dealkylation sites (N-methyl/N-ethyl adjacent to an activating group) is 1. The van der Waals surface area contributed by atoms with Crippen LogP contribution in [-0.2, 0) is 16.1 Å². The standard InChI is InChI=1S/C18H31N5O3S.HI/c1-18(2,3)26-17(25)20-10-7-9-19-16(22-13-15(24)23(4)5)21-12-14-8-6-11-27-14;/h6,8,11H,7,9-10,12-13H2,1-5H3,(H,20,25)(H2,19,21,22);1H. The first-order chi connectivity index (χ1) is 12.7. The molecule has 0 aliphatic carbocycles. The van der Waals surface area contributed by atoms with Gasteiger partial charge in [0.05, 0.1) is 6.54 Å². The smallest absolute Gasteiger partial charge is 0.407 e. The van der Waals surface area contributed by atoms with Crippen LogP contribution in [0.15, 0.2) is 22.5 Å². The molecule has 0 radical (unpaired) electrons. The summed E-state index contributed by atoms with van der Waals surface area (Å²) in [6, 6.07) is 4.02.